The lowest BCUT2D eigenvalue weighted by molar-refractivity contribution is 0.213. The molecule has 0 saturated carbocycles. The van der Waals surface area contributed by atoms with Gasteiger partial charge in [0.25, 0.3) is 0 Å². The molecule has 62 valence electrons. The van der Waals surface area contributed by atoms with Gasteiger partial charge in [0.2, 0.25) is 0 Å². The highest BCUT2D eigenvalue weighted by molar-refractivity contribution is 5.18. The lowest BCUT2D eigenvalue weighted by Gasteiger charge is -1.98. The minimum atomic E-state index is 0.320. The molecule has 0 N–H and O–H groups in total. The standard InChI is InChI=1S/C8H13NO2/c1-3-4-11-7-8(5-9)6-10-2/h7H,3-4,6H2,1-2H3. The number of ether oxygens (including phenoxy) is 2. The van der Waals surface area contributed by atoms with E-state index in [0.29, 0.717) is 18.8 Å². The Labute approximate surface area is 67.2 Å². The van der Waals surface area contributed by atoms with E-state index < -0.39 is 0 Å². The van der Waals surface area contributed by atoms with Crippen LogP contribution in [0.2, 0.25) is 0 Å². The zero-order chi connectivity index (χ0) is 8.53. The van der Waals surface area contributed by atoms with Gasteiger partial charge in [-0.25, -0.2) is 0 Å². The minimum absolute atomic E-state index is 0.320. The summed E-state index contributed by atoms with van der Waals surface area (Å²) in [5.74, 6) is 0. The molecule has 0 radical (unpaired) electrons. The van der Waals surface area contributed by atoms with Crippen LogP contribution in [0.1, 0.15) is 13.3 Å². The highest BCUT2D eigenvalue weighted by Crippen LogP contribution is 1.93. The van der Waals surface area contributed by atoms with Crippen molar-refractivity contribution in [2.24, 2.45) is 0 Å². The van der Waals surface area contributed by atoms with Crippen LogP contribution in [0.25, 0.3) is 0 Å². The van der Waals surface area contributed by atoms with E-state index in [0.717, 1.165) is 6.42 Å². The molecule has 3 heteroatoms. The zero-order valence-electron chi connectivity index (χ0n) is 6.96. The first-order chi connectivity index (χ1) is 5.35. The summed E-state index contributed by atoms with van der Waals surface area (Å²) in [6, 6.07) is 1.97. The summed E-state index contributed by atoms with van der Waals surface area (Å²) >= 11 is 0. The molecule has 3 nitrogen and oxygen atoms in total. The molecule has 0 fully saturated rings. The topological polar surface area (TPSA) is 42.2 Å². The summed E-state index contributed by atoms with van der Waals surface area (Å²) in [7, 11) is 1.55. The van der Waals surface area contributed by atoms with Crippen LogP contribution in [0.15, 0.2) is 11.8 Å². The second-order valence-corrected chi connectivity index (χ2v) is 2.06. The Morgan fingerprint density at radius 2 is 2.36 bits per heavy atom. The summed E-state index contributed by atoms with van der Waals surface area (Å²) in [6.07, 6.45) is 2.40. The smallest absolute Gasteiger partial charge is 0.100 e. The van der Waals surface area contributed by atoms with Crippen molar-refractivity contribution in [3.8, 4) is 6.07 Å². The van der Waals surface area contributed by atoms with E-state index in [1.165, 1.54) is 6.26 Å². The SMILES string of the molecule is CCCOC=C(C#N)COC. The van der Waals surface area contributed by atoms with Crippen LogP contribution in [-0.2, 0) is 9.47 Å². The maximum atomic E-state index is 8.48. The molecule has 0 amide bonds. The fourth-order valence-corrected chi connectivity index (χ4v) is 0.526. The Kier molecular flexibility index (Phi) is 6.45. The van der Waals surface area contributed by atoms with Crippen LogP contribution >= 0.6 is 0 Å². The van der Waals surface area contributed by atoms with Gasteiger partial charge in [0, 0.05) is 7.11 Å². The number of methoxy groups -OCH3 is 1. The number of nitriles is 1. The Balaban J connectivity index is 3.64. The number of nitrogens with zero attached hydrogens (tertiary/aromatic N) is 1. The lowest BCUT2D eigenvalue weighted by atomic mass is 10.3. The predicted octanol–water partition coefficient (Wildman–Crippen LogP) is 1.47. The van der Waals surface area contributed by atoms with Crippen molar-refractivity contribution in [2.75, 3.05) is 20.3 Å². The van der Waals surface area contributed by atoms with Gasteiger partial charge in [-0.05, 0) is 6.42 Å². The van der Waals surface area contributed by atoms with Crippen LogP contribution in [0, 0.1) is 11.3 Å². The lowest BCUT2D eigenvalue weighted by Crippen LogP contribution is -1.93. The van der Waals surface area contributed by atoms with Crippen molar-refractivity contribution in [3.05, 3.63) is 11.8 Å². The number of rotatable bonds is 5. The third-order valence-electron chi connectivity index (χ3n) is 0.991. The molecule has 0 aromatic rings. The Hall–Kier alpha value is -1.01. The third-order valence-corrected chi connectivity index (χ3v) is 0.991. The fraction of sp³-hybridized carbons (Fsp3) is 0.625. The van der Waals surface area contributed by atoms with Gasteiger partial charge in [0.05, 0.1) is 25.0 Å². The molecule has 0 rings (SSSR count). The predicted molar refractivity (Wildman–Crippen MR) is 41.8 cm³/mol. The highest BCUT2D eigenvalue weighted by atomic mass is 16.5. The van der Waals surface area contributed by atoms with Crippen LogP contribution in [0.4, 0.5) is 0 Å². The van der Waals surface area contributed by atoms with Crippen molar-refractivity contribution in [3.63, 3.8) is 0 Å². The second kappa shape index (κ2) is 7.10. The average Bonchev–Trinajstić information content (AvgIpc) is 2.03. The summed E-state index contributed by atoms with van der Waals surface area (Å²) in [5.41, 5.74) is 0.515. The van der Waals surface area contributed by atoms with Crippen LogP contribution < -0.4 is 0 Å². The first kappa shape index (κ1) is 9.99. The Morgan fingerprint density at radius 1 is 1.64 bits per heavy atom. The van der Waals surface area contributed by atoms with E-state index in [-0.39, 0.29) is 0 Å². The van der Waals surface area contributed by atoms with Crippen molar-refractivity contribution in [1.82, 2.24) is 0 Å². The molecule has 0 aliphatic heterocycles. The molecule has 0 aromatic heterocycles. The fourth-order valence-electron chi connectivity index (χ4n) is 0.526. The summed E-state index contributed by atoms with van der Waals surface area (Å²) < 4.78 is 9.78. The number of hydrogen-bond donors (Lipinski definition) is 0. The van der Waals surface area contributed by atoms with Crippen LogP contribution in [-0.4, -0.2) is 20.3 Å². The van der Waals surface area contributed by atoms with E-state index in [9.17, 15) is 0 Å². The normalized spacial score (nSPS) is 10.8. The molecule has 0 atom stereocenters. The van der Waals surface area contributed by atoms with E-state index in [1.807, 2.05) is 13.0 Å². The second-order valence-electron chi connectivity index (χ2n) is 2.06. The molecule has 0 heterocycles. The van der Waals surface area contributed by atoms with Gasteiger partial charge in [0.1, 0.15) is 6.07 Å². The molecule has 11 heavy (non-hydrogen) atoms. The maximum Gasteiger partial charge on any atom is 0.100 e. The molecule has 0 aliphatic carbocycles. The molecule has 0 aromatic carbocycles. The van der Waals surface area contributed by atoms with Crippen molar-refractivity contribution < 1.29 is 9.47 Å². The Bertz CT molecular complexity index is 158. The minimum Gasteiger partial charge on any atom is -0.500 e. The van der Waals surface area contributed by atoms with Crippen molar-refractivity contribution >= 4 is 0 Å². The van der Waals surface area contributed by atoms with Gasteiger partial charge >= 0.3 is 0 Å². The van der Waals surface area contributed by atoms with Gasteiger partial charge < -0.3 is 9.47 Å². The molecule has 0 spiro atoms. The molecule has 0 saturated heterocycles. The van der Waals surface area contributed by atoms with E-state index in [1.54, 1.807) is 7.11 Å². The third kappa shape index (κ3) is 5.43. The van der Waals surface area contributed by atoms with Crippen LogP contribution in [0.3, 0.4) is 0 Å². The van der Waals surface area contributed by atoms with Gasteiger partial charge in [-0.3, -0.25) is 0 Å². The zero-order valence-corrected chi connectivity index (χ0v) is 6.96. The number of hydrogen-bond acceptors (Lipinski definition) is 3. The summed E-state index contributed by atoms with van der Waals surface area (Å²) in [6.45, 7) is 2.98. The van der Waals surface area contributed by atoms with Gasteiger partial charge in [-0.1, -0.05) is 6.92 Å². The maximum absolute atomic E-state index is 8.48. The van der Waals surface area contributed by atoms with E-state index >= 15 is 0 Å². The largest absolute Gasteiger partial charge is 0.500 e. The Morgan fingerprint density at radius 3 is 2.82 bits per heavy atom. The molecule has 0 aliphatic rings. The van der Waals surface area contributed by atoms with Gasteiger partial charge in [-0.15, -0.1) is 0 Å². The van der Waals surface area contributed by atoms with Gasteiger partial charge in [-0.2, -0.15) is 5.26 Å². The van der Waals surface area contributed by atoms with Crippen molar-refractivity contribution in [1.29, 1.82) is 5.26 Å². The van der Waals surface area contributed by atoms with E-state index in [4.69, 9.17) is 14.7 Å². The van der Waals surface area contributed by atoms with Crippen molar-refractivity contribution in [2.45, 2.75) is 13.3 Å². The quantitative estimate of drug-likeness (QED) is 0.343. The monoisotopic (exact) mass is 155 g/mol. The molecule has 0 unspecified atom stereocenters. The summed E-state index contributed by atoms with van der Waals surface area (Å²) in [4.78, 5) is 0. The first-order valence-corrected chi connectivity index (χ1v) is 3.54. The van der Waals surface area contributed by atoms with Gasteiger partial charge in [0.15, 0.2) is 0 Å². The molecule has 0 bridgehead atoms. The average molecular weight is 155 g/mol. The summed E-state index contributed by atoms with van der Waals surface area (Å²) in [5, 5.41) is 8.48. The molecular weight excluding hydrogens is 142 g/mol. The van der Waals surface area contributed by atoms with E-state index in [2.05, 4.69) is 0 Å². The van der Waals surface area contributed by atoms with Crippen LogP contribution in [0.5, 0.6) is 0 Å². The first-order valence-electron chi connectivity index (χ1n) is 3.54. The highest BCUT2D eigenvalue weighted by Gasteiger charge is 1.92. The molecular formula is C8H13NO2.